The van der Waals surface area contributed by atoms with Gasteiger partial charge in [0.25, 0.3) is 0 Å². The van der Waals surface area contributed by atoms with Crippen LogP contribution >= 0.6 is 8.15 Å². The molecule has 0 N–H and O–H groups in total. The minimum atomic E-state index is -0.601. The van der Waals surface area contributed by atoms with E-state index in [1.165, 1.54) is 11.1 Å². The highest BCUT2D eigenvalue weighted by atomic mass is 31.1. The molecule has 0 saturated heterocycles. The van der Waals surface area contributed by atoms with E-state index in [9.17, 15) is 0 Å². The molecule has 1 rings (SSSR count). The zero-order chi connectivity index (χ0) is 17.3. The van der Waals surface area contributed by atoms with E-state index < -0.39 is 8.15 Å². The van der Waals surface area contributed by atoms with E-state index in [0.29, 0.717) is 11.8 Å². The van der Waals surface area contributed by atoms with Crippen molar-refractivity contribution < 1.29 is 4.52 Å². The Kier molecular flexibility index (Phi) is 6.13. The van der Waals surface area contributed by atoms with Crippen LogP contribution in [0.25, 0.3) is 0 Å². The van der Waals surface area contributed by atoms with Crippen molar-refractivity contribution in [2.45, 2.75) is 91.4 Å². The molecule has 1 aromatic carbocycles. The summed E-state index contributed by atoms with van der Waals surface area (Å²) in [4.78, 5) is 0. The van der Waals surface area contributed by atoms with Crippen LogP contribution in [0, 0.1) is 0 Å². The third-order valence-corrected chi connectivity index (χ3v) is 6.52. The summed E-state index contributed by atoms with van der Waals surface area (Å²) in [5, 5.41) is 0.317. The van der Waals surface area contributed by atoms with Crippen LogP contribution in [-0.2, 0) is 0 Å². The molecule has 126 valence electrons. The monoisotopic (exact) mass is 322 g/mol. The van der Waals surface area contributed by atoms with Crippen molar-refractivity contribution in [2.24, 2.45) is 0 Å². The van der Waals surface area contributed by atoms with Crippen molar-refractivity contribution in [2.75, 3.05) is 0 Å². The van der Waals surface area contributed by atoms with Gasteiger partial charge in [-0.05, 0) is 23.0 Å². The third kappa shape index (κ3) is 4.72. The molecule has 0 aliphatic rings. The summed E-state index contributed by atoms with van der Waals surface area (Å²) in [7, 11) is -0.601. The van der Waals surface area contributed by atoms with Crippen LogP contribution in [0.15, 0.2) is 18.2 Å². The lowest BCUT2D eigenvalue weighted by molar-refractivity contribution is 0.516. The Morgan fingerprint density at radius 3 is 1.41 bits per heavy atom. The first-order valence-corrected chi connectivity index (χ1v) is 9.72. The van der Waals surface area contributed by atoms with Gasteiger partial charge in [0.2, 0.25) is 0 Å². The topological polar surface area (TPSA) is 9.23 Å². The van der Waals surface area contributed by atoms with Crippen molar-refractivity contribution in [1.29, 1.82) is 0 Å². The SMILES string of the molecule is CC(C)c1cccc(C(C)C)c1OP(C(C)(C)C)C(C)(C)C. The van der Waals surface area contributed by atoms with Crippen molar-refractivity contribution in [1.82, 2.24) is 0 Å². The van der Waals surface area contributed by atoms with Gasteiger partial charge >= 0.3 is 0 Å². The van der Waals surface area contributed by atoms with E-state index in [2.05, 4.69) is 87.4 Å². The van der Waals surface area contributed by atoms with Crippen LogP contribution in [0.5, 0.6) is 5.75 Å². The highest BCUT2D eigenvalue weighted by molar-refractivity contribution is 7.56. The maximum Gasteiger partial charge on any atom is 0.130 e. The molecule has 0 atom stereocenters. The second-order valence-corrected chi connectivity index (χ2v) is 12.3. The molecular formula is C20H35OP. The number of para-hydroxylation sites is 1. The zero-order valence-electron chi connectivity index (χ0n) is 16.2. The van der Waals surface area contributed by atoms with Gasteiger partial charge in [-0.3, -0.25) is 0 Å². The van der Waals surface area contributed by atoms with Gasteiger partial charge in [-0.1, -0.05) is 87.4 Å². The summed E-state index contributed by atoms with van der Waals surface area (Å²) >= 11 is 0. The Bertz CT molecular complexity index is 449. The Labute approximate surface area is 139 Å². The Morgan fingerprint density at radius 2 is 1.14 bits per heavy atom. The first-order chi connectivity index (χ1) is 9.85. The summed E-state index contributed by atoms with van der Waals surface area (Å²) < 4.78 is 6.79. The van der Waals surface area contributed by atoms with Gasteiger partial charge in [-0.15, -0.1) is 0 Å². The molecule has 22 heavy (non-hydrogen) atoms. The molecule has 0 unspecified atom stereocenters. The van der Waals surface area contributed by atoms with Crippen molar-refractivity contribution in [3.05, 3.63) is 29.3 Å². The van der Waals surface area contributed by atoms with Crippen LogP contribution < -0.4 is 4.52 Å². The van der Waals surface area contributed by atoms with Crippen molar-refractivity contribution >= 4 is 8.15 Å². The third-order valence-electron chi connectivity index (χ3n) is 3.72. The molecule has 0 bridgehead atoms. The minimum absolute atomic E-state index is 0.159. The van der Waals surface area contributed by atoms with Crippen LogP contribution in [0.4, 0.5) is 0 Å². The van der Waals surface area contributed by atoms with Crippen molar-refractivity contribution in [3.8, 4) is 5.75 Å². The predicted octanol–water partition coefficient (Wildman–Crippen LogP) is 7.31. The summed E-state index contributed by atoms with van der Waals surface area (Å²) in [6, 6.07) is 6.63. The van der Waals surface area contributed by atoms with Crippen LogP contribution in [-0.4, -0.2) is 10.3 Å². The maximum absolute atomic E-state index is 6.79. The van der Waals surface area contributed by atoms with Gasteiger partial charge in [0, 0.05) is 10.3 Å². The quantitative estimate of drug-likeness (QED) is 0.528. The largest absolute Gasteiger partial charge is 0.472 e. The minimum Gasteiger partial charge on any atom is -0.472 e. The fraction of sp³-hybridized carbons (Fsp3) is 0.700. The van der Waals surface area contributed by atoms with Gasteiger partial charge in [0.05, 0.1) is 8.15 Å². The summed E-state index contributed by atoms with van der Waals surface area (Å²) in [5.41, 5.74) is 2.68. The van der Waals surface area contributed by atoms with E-state index in [1.54, 1.807) is 0 Å². The summed E-state index contributed by atoms with van der Waals surface area (Å²) in [5.74, 6) is 2.10. The molecule has 0 saturated carbocycles. The van der Waals surface area contributed by atoms with E-state index in [4.69, 9.17) is 4.52 Å². The number of rotatable bonds is 4. The van der Waals surface area contributed by atoms with E-state index >= 15 is 0 Å². The average molecular weight is 322 g/mol. The lowest BCUT2D eigenvalue weighted by Crippen LogP contribution is -2.28. The highest BCUT2D eigenvalue weighted by Crippen LogP contribution is 2.60. The van der Waals surface area contributed by atoms with Crippen LogP contribution in [0.3, 0.4) is 0 Å². The second-order valence-electron chi connectivity index (χ2n) is 8.80. The molecular weight excluding hydrogens is 287 g/mol. The molecule has 0 aliphatic heterocycles. The Hall–Kier alpha value is -0.550. The summed E-state index contributed by atoms with van der Waals surface area (Å²) in [6.07, 6.45) is 0. The second kappa shape index (κ2) is 6.91. The molecule has 0 aliphatic carbocycles. The standard InChI is InChI=1S/C20H35OP/c1-14(2)16-12-11-13-17(15(3)4)18(16)21-22(19(5,6)7)20(8,9)10/h11-15H,1-10H3. The van der Waals surface area contributed by atoms with Crippen LogP contribution in [0.1, 0.15) is 92.2 Å². The number of hydrogen-bond acceptors (Lipinski definition) is 1. The Morgan fingerprint density at radius 1 is 0.773 bits per heavy atom. The molecule has 0 heterocycles. The van der Waals surface area contributed by atoms with E-state index in [0.717, 1.165) is 5.75 Å². The molecule has 2 heteroatoms. The average Bonchev–Trinajstić information content (AvgIpc) is 2.32. The first-order valence-electron chi connectivity index (χ1n) is 8.46. The maximum atomic E-state index is 6.79. The smallest absolute Gasteiger partial charge is 0.130 e. The fourth-order valence-electron chi connectivity index (χ4n) is 2.96. The lowest BCUT2D eigenvalue weighted by atomic mass is 9.94. The molecule has 1 nitrogen and oxygen atoms in total. The van der Waals surface area contributed by atoms with Crippen molar-refractivity contribution in [3.63, 3.8) is 0 Å². The fourth-order valence-corrected chi connectivity index (χ4v) is 5.91. The summed E-state index contributed by atoms with van der Waals surface area (Å²) in [6.45, 7) is 22.8. The van der Waals surface area contributed by atoms with E-state index in [-0.39, 0.29) is 10.3 Å². The van der Waals surface area contributed by atoms with Gasteiger partial charge in [-0.25, -0.2) is 0 Å². The van der Waals surface area contributed by atoms with Crippen LogP contribution in [0.2, 0.25) is 0 Å². The molecule has 0 fully saturated rings. The zero-order valence-corrected chi connectivity index (χ0v) is 17.1. The van der Waals surface area contributed by atoms with E-state index in [1.807, 2.05) is 0 Å². The molecule has 0 spiro atoms. The molecule has 1 aromatic rings. The molecule has 0 aromatic heterocycles. The number of benzene rings is 1. The van der Waals surface area contributed by atoms with Gasteiger partial charge < -0.3 is 4.52 Å². The van der Waals surface area contributed by atoms with Gasteiger partial charge in [0.1, 0.15) is 5.75 Å². The van der Waals surface area contributed by atoms with Gasteiger partial charge in [-0.2, -0.15) is 0 Å². The van der Waals surface area contributed by atoms with Gasteiger partial charge in [0.15, 0.2) is 0 Å². The molecule has 0 amide bonds. The normalized spacial score (nSPS) is 13.3. The predicted molar refractivity (Wildman–Crippen MR) is 102 cm³/mol. The highest BCUT2D eigenvalue weighted by Gasteiger charge is 2.38. The Balaban J connectivity index is 3.41. The number of hydrogen-bond donors (Lipinski definition) is 0. The lowest BCUT2D eigenvalue weighted by Gasteiger charge is -2.41. The first kappa shape index (κ1) is 19.5. The molecule has 0 radical (unpaired) electrons.